The highest BCUT2D eigenvalue weighted by Gasteiger charge is 2.07. The molecule has 5 heteroatoms. The molecule has 0 saturated carbocycles. The van der Waals surface area contributed by atoms with E-state index in [1.165, 1.54) is 0 Å². The second-order valence-electron chi connectivity index (χ2n) is 4.89. The summed E-state index contributed by atoms with van der Waals surface area (Å²) >= 11 is 0. The fourth-order valence-electron chi connectivity index (χ4n) is 1.04. The van der Waals surface area contributed by atoms with Crippen molar-refractivity contribution in [3.8, 4) is 0 Å². The molecular weight excluding hydrogens is 230 g/mol. The van der Waals surface area contributed by atoms with E-state index in [0.717, 1.165) is 0 Å². The third-order valence-corrected chi connectivity index (χ3v) is 2.33. The minimum absolute atomic E-state index is 0.00938. The van der Waals surface area contributed by atoms with Crippen LogP contribution in [0.15, 0.2) is 12.3 Å². The van der Waals surface area contributed by atoms with Gasteiger partial charge >= 0.3 is 0 Å². The van der Waals surface area contributed by atoms with Crippen LogP contribution in [0.1, 0.15) is 27.7 Å². The smallest absolute Gasteiger partial charge is 0.234 e. The quantitative estimate of drug-likeness (QED) is 0.559. The number of carbonyl (C=O) groups is 2. The van der Waals surface area contributed by atoms with Gasteiger partial charge in [0.1, 0.15) is 0 Å². The normalized spacial score (nSPS) is 10.6. The minimum atomic E-state index is -0.0816. The Hall–Kier alpha value is -1.36. The fourth-order valence-corrected chi connectivity index (χ4v) is 1.04. The van der Waals surface area contributed by atoms with E-state index < -0.39 is 0 Å². The minimum Gasteiger partial charge on any atom is -0.380 e. The molecule has 3 N–H and O–H groups in total. The molecule has 0 aliphatic carbocycles. The first-order chi connectivity index (χ1) is 8.32. The van der Waals surface area contributed by atoms with Crippen LogP contribution in [0.3, 0.4) is 0 Å². The predicted octanol–water partition coefficient (Wildman–Crippen LogP) is 0.429. The summed E-state index contributed by atoms with van der Waals surface area (Å²) in [4.78, 5) is 22.8. The Labute approximate surface area is 109 Å². The number of amides is 1. The van der Waals surface area contributed by atoms with Crippen molar-refractivity contribution < 1.29 is 9.59 Å². The first-order valence-corrected chi connectivity index (χ1v) is 6.27. The van der Waals surface area contributed by atoms with E-state index in [9.17, 15) is 9.59 Å². The Bertz CT molecular complexity index is 299. The van der Waals surface area contributed by atoms with Crippen molar-refractivity contribution in [2.24, 2.45) is 5.92 Å². The zero-order valence-electron chi connectivity index (χ0n) is 11.8. The van der Waals surface area contributed by atoms with Gasteiger partial charge in [-0.3, -0.25) is 9.59 Å². The van der Waals surface area contributed by atoms with Gasteiger partial charge in [-0.15, -0.1) is 0 Å². The topological polar surface area (TPSA) is 70.2 Å². The summed E-state index contributed by atoms with van der Waals surface area (Å²) in [6.07, 6.45) is 0. The van der Waals surface area contributed by atoms with E-state index in [1.807, 2.05) is 27.7 Å². The average molecular weight is 255 g/mol. The largest absolute Gasteiger partial charge is 0.380 e. The number of hydrogen-bond donors (Lipinski definition) is 3. The van der Waals surface area contributed by atoms with Crippen LogP contribution in [0.4, 0.5) is 0 Å². The summed E-state index contributed by atoms with van der Waals surface area (Å²) in [7, 11) is 0. The molecule has 0 spiro atoms. The van der Waals surface area contributed by atoms with Crippen LogP contribution in [0.25, 0.3) is 0 Å². The molecular formula is C13H25N3O2. The van der Waals surface area contributed by atoms with Crippen LogP contribution in [-0.2, 0) is 9.59 Å². The Kier molecular flexibility index (Phi) is 8.03. The molecule has 0 aromatic rings. The highest BCUT2D eigenvalue weighted by atomic mass is 16.2. The summed E-state index contributed by atoms with van der Waals surface area (Å²) in [5, 5.41) is 8.64. The van der Waals surface area contributed by atoms with E-state index in [-0.39, 0.29) is 36.7 Å². The molecule has 0 saturated heterocycles. The molecule has 104 valence electrons. The van der Waals surface area contributed by atoms with Crippen molar-refractivity contribution >= 4 is 11.7 Å². The van der Waals surface area contributed by atoms with E-state index in [2.05, 4.69) is 22.5 Å². The highest BCUT2D eigenvalue weighted by Crippen LogP contribution is 1.93. The number of ketones is 1. The van der Waals surface area contributed by atoms with E-state index >= 15 is 0 Å². The maximum Gasteiger partial charge on any atom is 0.234 e. The van der Waals surface area contributed by atoms with Gasteiger partial charge in [0.15, 0.2) is 5.78 Å². The zero-order chi connectivity index (χ0) is 14.1. The molecule has 0 rings (SSSR count). The van der Waals surface area contributed by atoms with Gasteiger partial charge in [0, 0.05) is 17.7 Å². The Morgan fingerprint density at radius 1 is 1.00 bits per heavy atom. The molecule has 0 unspecified atom stereocenters. The van der Waals surface area contributed by atoms with E-state index in [4.69, 9.17) is 0 Å². The summed E-state index contributed by atoms with van der Waals surface area (Å²) in [6, 6.07) is 0.278. The molecule has 0 aliphatic heterocycles. The number of rotatable bonds is 9. The lowest BCUT2D eigenvalue weighted by Gasteiger charge is -2.12. The van der Waals surface area contributed by atoms with E-state index in [1.54, 1.807) is 0 Å². The van der Waals surface area contributed by atoms with Gasteiger partial charge < -0.3 is 16.0 Å². The van der Waals surface area contributed by atoms with Crippen molar-refractivity contribution in [1.82, 2.24) is 16.0 Å². The Morgan fingerprint density at radius 2 is 1.61 bits per heavy atom. The molecule has 0 atom stereocenters. The first-order valence-electron chi connectivity index (χ1n) is 6.27. The van der Waals surface area contributed by atoms with Gasteiger partial charge in [-0.05, 0) is 0 Å². The predicted molar refractivity (Wildman–Crippen MR) is 73.1 cm³/mol. The molecule has 0 radical (unpaired) electrons. The maximum absolute atomic E-state index is 11.4. The SMILES string of the molecule is C=C(CNC(=O)CNC(C)C)NCC(=O)C(C)C. The van der Waals surface area contributed by atoms with Gasteiger partial charge in [-0.1, -0.05) is 34.3 Å². The number of hydrogen-bond acceptors (Lipinski definition) is 4. The van der Waals surface area contributed by atoms with Crippen LogP contribution < -0.4 is 16.0 Å². The maximum atomic E-state index is 11.4. The van der Waals surface area contributed by atoms with Gasteiger partial charge in [0.25, 0.3) is 0 Å². The standard InChI is InChI=1S/C13H25N3O2/c1-9(2)12(17)7-15-11(5)6-16-13(18)8-14-10(3)4/h9-10,14-15H,5-8H2,1-4H3,(H,16,18). The molecule has 0 bridgehead atoms. The fraction of sp³-hybridized carbons (Fsp3) is 0.692. The second kappa shape index (κ2) is 8.69. The highest BCUT2D eigenvalue weighted by molar-refractivity contribution is 5.82. The van der Waals surface area contributed by atoms with Crippen LogP contribution in [0.5, 0.6) is 0 Å². The zero-order valence-corrected chi connectivity index (χ0v) is 11.8. The van der Waals surface area contributed by atoms with Gasteiger partial charge in [0.2, 0.25) is 5.91 Å². The van der Waals surface area contributed by atoms with Crippen LogP contribution in [0, 0.1) is 5.92 Å². The van der Waals surface area contributed by atoms with Gasteiger partial charge in [-0.25, -0.2) is 0 Å². The summed E-state index contributed by atoms with van der Waals surface area (Å²) in [6.45, 7) is 12.3. The van der Waals surface area contributed by atoms with Crippen LogP contribution >= 0.6 is 0 Å². The lowest BCUT2D eigenvalue weighted by atomic mass is 10.1. The van der Waals surface area contributed by atoms with Gasteiger partial charge in [0.05, 0.1) is 19.6 Å². The third-order valence-electron chi connectivity index (χ3n) is 2.33. The van der Waals surface area contributed by atoms with Crippen molar-refractivity contribution in [2.45, 2.75) is 33.7 Å². The van der Waals surface area contributed by atoms with E-state index in [0.29, 0.717) is 12.2 Å². The van der Waals surface area contributed by atoms with Crippen molar-refractivity contribution in [3.05, 3.63) is 12.3 Å². The average Bonchev–Trinajstić information content (AvgIpc) is 2.30. The van der Waals surface area contributed by atoms with Crippen molar-refractivity contribution in [2.75, 3.05) is 19.6 Å². The monoisotopic (exact) mass is 255 g/mol. The number of nitrogens with one attached hydrogen (secondary N) is 3. The molecule has 0 aromatic carbocycles. The Morgan fingerprint density at radius 3 is 2.11 bits per heavy atom. The lowest BCUT2D eigenvalue weighted by molar-refractivity contribution is -0.121. The molecule has 0 aliphatic rings. The number of Topliss-reactive ketones (excluding diaryl/α,β-unsaturated/α-hetero) is 1. The first kappa shape index (κ1) is 16.6. The molecule has 0 aromatic heterocycles. The summed E-state index contributed by atoms with van der Waals surface area (Å²) in [5.74, 6) is 0.0564. The second-order valence-corrected chi connectivity index (χ2v) is 4.89. The van der Waals surface area contributed by atoms with Crippen molar-refractivity contribution in [1.29, 1.82) is 0 Å². The van der Waals surface area contributed by atoms with Crippen LogP contribution in [-0.4, -0.2) is 37.4 Å². The third kappa shape index (κ3) is 8.75. The van der Waals surface area contributed by atoms with Gasteiger partial charge in [-0.2, -0.15) is 0 Å². The van der Waals surface area contributed by atoms with Crippen molar-refractivity contribution in [3.63, 3.8) is 0 Å². The van der Waals surface area contributed by atoms with Crippen LogP contribution in [0.2, 0.25) is 0 Å². The Balaban J connectivity index is 3.70. The lowest BCUT2D eigenvalue weighted by Crippen LogP contribution is -2.39. The molecule has 1 amide bonds. The summed E-state index contributed by atoms with van der Waals surface area (Å²) in [5.41, 5.74) is 0.641. The summed E-state index contributed by atoms with van der Waals surface area (Å²) < 4.78 is 0. The molecule has 5 nitrogen and oxygen atoms in total. The molecule has 18 heavy (non-hydrogen) atoms. The molecule has 0 heterocycles. The molecule has 0 fully saturated rings. The number of carbonyl (C=O) groups excluding carboxylic acids is 2.